The number of carboxylic acid groups (broad SMARTS) is 2. The van der Waals surface area contributed by atoms with Crippen molar-refractivity contribution in [1.82, 2.24) is 0 Å². The van der Waals surface area contributed by atoms with Gasteiger partial charge in [0.2, 0.25) is 0 Å². The Hall–Kier alpha value is 0.175. The Morgan fingerprint density at radius 3 is 1.00 bits per heavy atom. The van der Waals surface area contributed by atoms with Crippen LogP contribution in [0.4, 0.5) is 0 Å². The van der Waals surface area contributed by atoms with E-state index in [0.717, 1.165) is 0 Å². The summed E-state index contributed by atoms with van der Waals surface area (Å²) in [6.07, 6.45) is -1.37. The monoisotopic (exact) mass is 592 g/mol. The van der Waals surface area contributed by atoms with Gasteiger partial charge in [-0.1, -0.05) is 0 Å². The normalized spacial score (nSPS) is 11.0. The second kappa shape index (κ2) is 16.4. The minimum Gasteiger partial charge on any atom is -0.549 e. The summed E-state index contributed by atoms with van der Waals surface area (Å²) in [5, 5.41) is 20.2. The van der Waals surface area contributed by atoms with Gasteiger partial charge in [0, 0.05) is 0 Å². The van der Waals surface area contributed by atoms with Gasteiger partial charge in [-0.3, -0.25) is 9.13 Å². The van der Waals surface area contributed by atoms with Crippen molar-refractivity contribution in [2.45, 2.75) is 27.7 Å². The molecule has 13 heteroatoms. The van der Waals surface area contributed by atoms with E-state index in [4.69, 9.17) is 18.1 Å². The summed E-state index contributed by atoms with van der Waals surface area (Å²) in [5.74, 6) is -2.86. The van der Waals surface area contributed by atoms with Gasteiger partial charge in [-0.25, -0.2) is 0 Å². The van der Waals surface area contributed by atoms with E-state index in [-0.39, 0.29) is 54.1 Å². The van der Waals surface area contributed by atoms with Crippen LogP contribution in [0.15, 0.2) is 0 Å². The smallest absolute Gasteiger partial charge is 0.549 e. The number of rotatable bonds is 12. The van der Waals surface area contributed by atoms with Crippen LogP contribution in [0.1, 0.15) is 27.7 Å². The summed E-state index contributed by atoms with van der Waals surface area (Å²) in [7, 11) is -6.88. The van der Waals surface area contributed by atoms with Crippen molar-refractivity contribution < 1.29 is 74.7 Å². The fraction of sp³-hybridized carbons (Fsp3) is 0.833. The molecule has 0 bridgehead atoms. The van der Waals surface area contributed by atoms with Crippen molar-refractivity contribution in [2.75, 3.05) is 38.8 Å². The average Bonchev–Trinajstić information content (AvgIpc) is 2.37. The third-order valence-electron chi connectivity index (χ3n) is 1.95. The minimum absolute atomic E-state index is 0. The van der Waals surface area contributed by atoms with Gasteiger partial charge in [0.15, 0.2) is 0 Å². The minimum atomic E-state index is -3.44. The van der Waals surface area contributed by atoms with Crippen molar-refractivity contribution in [2.24, 2.45) is 0 Å². The first-order valence-electron chi connectivity index (χ1n) is 7.23. The molecule has 0 aliphatic carbocycles. The molecule has 0 spiro atoms. The van der Waals surface area contributed by atoms with Crippen LogP contribution in [0.5, 0.6) is 0 Å². The maximum atomic E-state index is 11.4. The number of carboxylic acids is 2. The van der Waals surface area contributed by atoms with Gasteiger partial charge < -0.3 is 37.9 Å². The number of hydrogen-bond donors (Lipinski definition) is 0. The van der Waals surface area contributed by atoms with Crippen LogP contribution < -0.4 is 10.2 Å². The van der Waals surface area contributed by atoms with Crippen LogP contribution in [0.25, 0.3) is 0 Å². The Morgan fingerprint density at radius 2 is 0.880 bits per heavy atom. The molecule has 0 unspecified atom stereocenters. The Bertz CT molecular complexity index is 409. The molecule has 144 valence electrons. The average molecular weight is 591 g/mol. The van der Waals surface area contributed by atoms with Gasteiger partial charge in [-0.2, -0.15) is 0 Å². The van der Waals surface area contributed by atoms with Crippen molar-refractivity contribution >= 4 is 27.1 Å². The van der Waals surface area contributed by atoms with Gasteiger partial charge in [0.1, 0.15) is 0 Å². The Labute approximate surface area is 168 Å². The van der Waals surface area contributed by atoms with Crippen LogP contribution in [0.2, 0.25) is 0 Å². The molecule has 0 aromatic carbocycles. The van der Waals surface area contributed by atoms with Crippen LogP contribution in [0.3, 0.4) is 0 Å². The molecule has 0 aliphatic heterocycles. The molecule has 0 N–H and O–H groups in total. The van der Waals surface area contributed by atoms with Gasteiger partial charge in [-0.05, 0) is 27.7 Å². The summed E-state index contributed by atoms with van der Waals surface area (Å²) in [6.45, 7) is 7.08. The molecule has 0 saturated heterocycles. The molecule has 10 nitrogen and oxygen atoms in total. The molecule has 0 fully saturated rings. The number of aliphatic carboxylic acids is 2. The molecule has 0 heterocycles. The van der Waals surface area contributed by atoms with Crippen LogP contribution in [-0.4, -0.2) is 50.7 Å². The summed E-state index contributed by atoms with van der Waals surface area (Å²) < 4.78 is 41.5. The quantitative estimate of drug-likeness (QED) is 0.224. The van der Waals surface area contributed by atoms with Crippen molar-refractivity contribution in [3.05, 3.63) is 0 Å². The molecule has 0 saturated carbocycles. The molecule has 0 aliphatic rings. The number of carbonyl (C=O) groups excluding carboxylic acids is 2. The molecular weight excluding hydrogens is 567 g/mol. The van der Waals surface area contributed by atoms with E-state index in [1.807, 2.05) is 0 Å². The topological polar surface area (TPSA) is 151 Å². The van der Waals surface area contributed by atoms with Gasteiger partial charge >= 0.3 is 42.9 Å². The maximum absolute atomic E-state index is 11.4. The maximum Gasteiger partial charge on any atom is 2.00 e. The van der Waals surface area contributed by atoms with E-state index in [1.54, 1.807) is 27.7 Å². The summed E-state index contributed by atoms with van der Waals surface area (Å²) in [5.41, 5.74) is 0. The first kappa shape index (κ1) is 29.9. The summed E-state index contributed by atoms with van der Waals surface area (Å²) in [4.78, 5) is 20.2. The predicted molar refractivity (Wildman–Crippen MR) is 81.5 cm³/mol. The van der Waals surface area contributed by atoms with E-state index >= 15 is 0 Å². The molecule has 0 radical (unpaired) electrons. The second-order valence-corrected chi connectivity index (χ2v) is 8.06. The summed E-state index contributed by atoms with van der Waals surface area (Å²) in [6, 6.07) is 0. The molecule has 0 rings (SSSR count). The molecule has 25 heavy (non-hydrogen) atoms. The van der Waals surface area contributed by atoms with Crippen molar-refractivity contribution in [1.29, 1.82) is 0 Å². The fourth-order valence-electron chi connectivity index (χ4n) is 1.36. The molecule has 0 amide bonds. The number of hydrogen-bond acceptors (Lipinski definition) is 10. The zero-order valence-corrected chi connectivity index (χ0v) is 22.2. The fourth-order valence-corrected chi connectivity index (χ4v) is 4.08. The van der Waals surface area contributed by atoms with Gasteiger partial charge in [0.05, 0.1) is 50.7 Å². The third-order valence-corrected chi connectivity index (χ3v) is 5.85. The first-order valence-corrected chi connectivity index (χ1v) is 10.7. The summed E-state index contributed by atoms with van der Waals surface area (Å²) >= 11 is 0. The molecule has 0 aromatic rings. The van der Waals surface area contributed by atoms with Crippen molar-refractivity contribution in [3.8, 4) is 0 Å². The second-order valence-electron chi connectivity index (χ2n) is 3.95. The molecule has 0 aromatic heterocycles. The largest absolute Gasteiger partial charge is 2.00 e. The van der Waals surface area contributed by atoms with E-state index in [9.17, 15) is 28.9 Å². The van der Waals surface area contributed by atoms with E-state index < -0.39 is 39.5 Å². The third kappa shape index (κ3) is 17.4. The van der Waals surface area contributed by atoms with E-state index in [1.165, 1.54) is 0 Å². The van der Waals surface area contributed by atoms with Crippen LogP contribution in [0, 0.1) is 0 Å². The molecule has 0 atom stereocenters. The molecular formula is C12H24HgO10P2. The van der Waals surface area contributed by atoms with E-state index in [0.29, 0.717) is 0 Å². The first-order chi connectivity index (χ1) is 11.1. The zero-order chi connectivity index (χ0) is 19.2. The standard InChI is InChI=1S/2C6H13O5P.Hg/c2*1-3-10-12(9,11-4-2)5-6(7)8;/h2*3-5H2,1-2H3,(H,7,8);/q;;+2/p-2. The SMILES string of the molecule is CCOP(=O)(CC(=O)[O-])OCC.CCOP(=O)(CC(=O)[O-])OCC.[Hg+2]. The van der Waals surface area contributed by atoms with E-state index in [2.05, 4.69) is 0 Å². The van der Waals surface area contributed by atoms with Gasteiger partial charge in [-0.15, -0.1) is 0 Å². The Kier molecular flexibility index (Phi) is 19.6. The van der Waals surface area contributed by atoms with Crippen LogP contribution in [-0.2, 0) is 64.5 Å². The Morgan fingerprint density at radius 1 is 0.680 bits per heavy atom. The number of carbonyl (C=O) groups is 2. The van der Waals surface area contributed by atoms with Crippen molar-refractivity contribution in [3.63, 3.8) is 0 Å². The van der Waals surface area contributed by atoms with Gasteiger partial charge in [0.25, 0.3) is 0 Å². The van der Waals surface area contributed by atoms with Crippen LogP contribution >= 0.6 is 15.2 Å². The Balaban J connectivity index is -0.000000372. The predicted octanol–water partition coefficient (Wildman–Crippen LogP) is 0.00230. The zero-order valence-electron chi connectivity index (χ0n) is 14.9.